The molecule has 0 amide bonds. The molecule has 0 saturated carbocycles. The van der Waals surface area contributed by atoms with Crippen LogP contribution in [0.15, 0.2) is 103 Å². The van der Waals surface area contributed by atoms with Gasteiger partial charge in [-0.1, -0.05) is 383 Å². The Kier molecular flexibility index (Phi) is 58.0. The van der Waals surface area contributed by atoms with E-state index in [0.29, 0.717) is 72.7 Å². The van der Waals surface area contributed by atoms with Crippen LogP contribution in [-0.2, 0) is 30.3 Å². The number of carboxylic acids is 1. The fraction of sp³-hybridized carbons (Fsp3) is 0.701. The van der Waals surface area contributed by atoms with E-state index in [1.807, 2.05) is 66.7 Å². The van der Waals surface area contributed by atoms with Crippen molar-refractivity contribution in [3.63, 3.8) is 0 Å². The average Bonchev–Trinajstić information content (AvgIpc) is 1.75. The number of carbonyl (C=O) groups excluding carboxylic acids is 3. The maximum atomic E-state index is 13.2. The molecule has 2 aromatic heterocycles. The lowest BCUT2D eigenvalue weighted by atomic mass is 9.92. The Bertz CT molecular complexity index is 3120. The monoisotopic (exact) mass is 1760 g/mol. The largest absolute Gasteiger partial charge is 1.00 e. The molecule has 115 heavy (non-hydrogen) atoms. The van der Waals surface area contributed by atoms with Crippen molar-refractivity contribution >= 4 is 64.1 Å². The lowest BCUT2D eigenvalue weighted by Crippen LogP contribution is -3.00. The summed E-state index contributed by atoms with van der Waals surface area (Å²) < 4.78 is 44.2. The number of ether oxygens (including phenoxy) is 4. The van der Waals surface area contributed by atoms with Gasteiger partial charge in [-0.2, -0.15) is 8.75 Å². The Morgan fingerprint density at radius 1 is 0.409 bits per heavy atom. The Hall–Kier alpha value is -4.79. The maximum Gasteiger partial charge on any atom is 0.310 e. The molecular weight excluding hydrogens is 1600 g/mol. The molecule has 648 valence electrons. The molecule has 0 bridgehead atoms. The summed E-state index contributed by atoms with van der Waals surface area (Å²) in [5, 5.41) is 11.5. The molecule has 5 atom stereocenters. The van der Waals surface area contributed by atoms with Gasteiger partial charge in [-0.15, -0.1) is 20.3 Å². The van der Waals surface area contributed by atoms with Crippen molar-refractivity contribution in [2.45, 2.75) is 386 Å². The second-order valence-corrected chi connectivity index (χ2v) is 35.2. The zero-order chi connectivity index (χ0) is 81.7. The van der Waals surface area contributed by atoms with Crippen LogP contribution < -0.4 is 38.6 Å². The Labute approximate surface area is 729 Å². The van der Waals surface area contributed by atoms with E-state index >= 15 is 0 Å². The van der Waals surface area contributed by atoms with Gasteiger partial charge in [0, 0.05) is 36.8 Å². The number of esters is 2. The van der Waals surface area contributed by atoms with E-state index in [4.69, 9.17) is 30.5 Å². The quantitative estimate of drug-likeness (QED) is 0.0119. The molecule has 0 fully saturated rings. The normalized spacial score (nSPS) is 16.3. The molecule has 5 aromatic rings. The standard InChI is InChI=1S/2C37H60N3O3S.C23H37ClO2.HI/c2*1-4-6-8-10-11-12-13-14-15-16-17-18-22-28-34(41)43-37(32-25-20-19-21-26-32)40(3)29-24-27-33(31-40)35-36(39-44-38-35)42-30-23-9-7-5-2;1-2-3-4-5-6-7-8-9-10-11-12-16-19-23(24,22(25)26)20-21-17-14-13-15-18-21;/h2*19-21,25-27,37H,4-18,22-24,28-31H2,1-3H3;13-15,17-18H,2-12,16,19-20H2,1H3,(H,25,26);1H/q2*+1;;/p-2. The van der Waals surface area contributed by atoms with Gasteiger partial charge in [0.15, 0.2) is 0 Å². The van der Waals surface area contributed by atoms with Gasteiger partial charge in [0.1, 0.15) is 24.5 Å². The molecule has 14 nitrogen and oxygen atoms in total. The highest BCUT2D eigenvalue weighted by Crippen LogP contribution is 2.40. The molecule has 4 heterocycles. The Balaban J connectivity index is 0.000000375. The number of carbonyl (C=O) groups is 3. The van der Waals surface area contributed by atoms with E-state index in [0.717, 1.165) is 117 Å². The summed E-state index contributed by atoms with van der Waals surface area (Å²) in [7, 11) is 4.41. The molecule has 3 aromatic carbocycles. The van der Waals surface area contributed by atoms with Crippen molar-refractivity contribution in [1.29, 1.82) is 0 Å². The number of benzene rings is 3. The molecule has 0 N–H and O–H groups in total. The van der Waals surface area contributed by atoms with Crippen LogP contribution in [-0.4, -0.2) is 103 Å². The summed E-state index contributed by atoms with van der Waals surface area (Å²) >= 11 is 8.80. The van der Waals surface area contributed by atoms with Crippen LogP contribution in [0.1, 0.15) is 403 Å². The van der Waals surface area contributed by atoms with Gasteiger partial charge >= 0.3 is 11.9 Å². The lowest BCUT2D eigenvalue weighted by Gasteiger charge is -2.42. The third-order valence-electron chi connectivity index (χ3n) is 23.0. The van der Waals surface area contributed by atoms with Crippen LogP contribution in [0.25, 0.3) is 11.1 Å². The molecule has 0 saturated heterocycles. The molecule has 0 aliphatic carbocycles. The van der Waals surface area contributed by atoms with Gasteiger partial charge in [0.25, 0.3) is 24.2 Å². The summed E-state index contributed by atoms with van der Waals surface area (Å²) in [4.78, 5) is 36.6. The Morgan fingerprint density at radius 3 is 1.01 bits per heavy atom. The SMILES string of the molecule is CCCCCCCCCCCCCCC(Cl)(Cc1ccccc1)C(=O)[O-].CCCCCCCCCCCCCCCC(=O)OC(c1ccccc1)[N+]1(C)CCC=C(c2nsnc2OCCCCCC)C1.CCCCCCCCCCCCCCCC(=O)OC(c1ccccc1)[N+]1(C)CCC=C(c2nsnc2OCCCCCC)C1.[I-]. The minimum atomic E-state index is -1.28. The van der Waals surface area contributed by atoms with Gasteiger partial charge < -0.3 is 52.8 Å². The molecule has 0 spiro atoms. The summed E-state index contributed by atoms with van der Waals surface area (Å²) in [5.74, 6) is -0.0533. The van der Waals surface area contributed by atoms with Gasteiger partial charge in [-0.05, 0) is 68.4 Å². The predicted molar refractivity (Wildman–Crippen MR) is 477 cm³/mol. The first-order chi connectivity index (χ1) is 55.7. The highest BCUT2D eigenvalue weighted by Gasteiger charge is 2.42. The third kappa shape index (κ3) is 43.8. The van der Waals surface area contributed by atoms with Crippen molar-refractivity contribution < 1.29 is 71.4 Å². The summed E-state index contributed by atoms with van der Waals surface area (Å²) in [5.41, 5.74) is 6.98. The molecule has 0 radical (unpaired) electrons. The van der Waals surface area contributed by atoms with Crippen molar-refractivity contribution in [2.75, 3.05) is 53.5 Å². The molecular formula is C97H156ClIN6O8S2. The number of likely N-dealkylation sites (N-methyl/N-ethyl adjacent to an activating group) is 2. The number of hydrogen-bond donors (Lipinski definition) is 0. The smallest absolute Gasteiger partial charge is 0.310 e. The number of carboxylic acid groups (broad SMARTS) is 1. The molecule has 2 aliphatic heterocycles. The molecule has 18 heteroatoms. The van der Waals surface area contributed by atoms with Crippen LogP contribution in [0.5, 0.6) is 11.8 Å². The highest BCUT2D eigenvalue weighted by molar-refractivity contribution is 6.99. The van der Waals surface area contributed by atoms with E-state index in [2.05, 4.69) is 103 Å². The molecule has 7 rings (SSSR count). The van der Waals surface area contributed by atoms with Crippen LogP contribution in [0.3, 0.4) is 0 Å². The number of rotatable bonds is 64. The number of alkyl halides is 1. The topological polar surface area (TPSA) is 163 Å². The number of quaternary nitrogens is 2. The number of hydrogen-bond acceptors (Lipinski definition) is 14. The highest BCUT2D eigenvalue weighted by atomic mass is 127. The second-order valence-electron chi connectivity index (χ2n) is 33.5. The number of aromatic nitrogens is 4. The first-order valence-electron chi connectivity index (χ1n) is 46.1. The zero-order valence-corrected chi connectivity index (χ0v) is 77.5. The molecule has 5 unspecified atom stereocenters. The predicted octanol–water partition coefficient (Wildman–Crippen LogP) is 24.0. The number of aliphatic carboxylic acids is 1. The maximum absolute atomic E-state index is 13.2. The minimum Gasteiger partial charge on any atom is -1.00 e. The van der Waals surface area contributed by atoms with E-state index in [-0.39, 0.29) is 48.4 Å². The van der Waals surface area contributed by atoms with E-state index in [9.17, 15) is 19.5 Å². The number of halogens is 2. The second kappa shape index (κ2) is 65.0. The van der Waals surface area contributed by atoms with Crippen LogP contribution in [0, 0.1) is 0 Å². The van der Waals surface area contributed by atoms with Crippen molar-refractivity contribution in [1.82, 2.24) is 17.5 Å². The third-order valence-corrected chi connectivity index (χ3v) is 24.5. The number of nitrogens with zero attached hydrogens (tertiary/aromatic N) is 6. The van der Waals surface area contributed by atoms with Crippen LogP contribution >= 0.6 is 35.1 Å². The summed E-state index contributed by atoms with van der Waals surface area (Å²) in [6.07, 6.45) is 65.4. The lowest BCUT2D eigenvalue weighted by molar-refractivity contribution is -0.953. The van der Waals surface area contributed by atoms with E-state index in [1.165, 1.54) is 267 Å². The van der Waals surface area contributed by atoms with Crippen LogP contribution in [0.2, 0.25) is 0 Å². The first-order valence-corrected chi connectivity index (χ1v) is 48.0. The average molecular weight is 1760 g/mol. The van der Waals surface area contributed by atoms with Gasteiger partial charge in [-0.25, -0.2) is 0 Å². The Morgan fingerprint density at radius 2 is 0.696 bits per heavy atom. The fourth-order valence-electron chi connectivity index (χ4n) is 15.9. The summed E-state index contributed by atoms with van der Waals surface area (Å²) in [6.45, 7) is 15.8. The van der Waals surface area contributed by atoms with Crippen molar-refractivity contribution in [3.8, 4) is 11.8 Å². The van der Waals surface area contributed by atoms with E-state index in [1.54, 1.807) is 0 Å². The van der Waals surface area contributed by atoms with Crippen LogP contribution in [0.4, 0.5) is 0 Å². The van der Waals surface area contributed by atoms with E-state index < -0.39 is 10.8 Å². The van der Waals surface area contributed by atoms with Gasteiger partial charge in [0.05, 0.1) is 85.8 Å². The van der Waals surface area contributed by atoms with Gasteiger partial charge in [-0.3, -0.25) is 18.6 Å². The minimum absolute atomic E-state index is 0. The summed E-state index contributed by atoms with van der Waals surface area (Å²) in [6, 6.07) is 30.1. The van der Waals surface area contributed by atoms with Crippen molar-refractivity contribution in [3.05, 3.63) is 131 Å². The number of unbranched alkanes of at least 4 members (excludes halogenated alkanes) is 41. The van der Waals surface area contributed by atoms with Gasteiger partial charge in [0.2, 0.25) is 0 Å². The fourth-order valence-corrected chi connectivity index (χ4v) is 17.3. The van der Waals surface area contributed by atoms with Crippen molar-refractivity contribution in [2.24, 2.45) is 0 Å². The molecule has 2 aliphatic rings. The zero-order valence-electron chi connectivity index (χ0n) is 73.0. The first kappa shape index (κ1) is 103.